The summed E-state index contributed by atoms with van der Waals surface area (Å²) in [6.45, 7) is 3.86. The Morgan fingerprint density at radius 3 is 3.17 bits per heavy atom. The van der Waals surface area contributed by atoms with Crippen molar-refractivity contribution in [3.05, 3.63) is 29.7 Å². The van der Waals surface area contributed by atoms with Crippen molar-refractivity contribution < 1.29 is 14.1 Å². The molecule has 0 aromatic carbocycles. The van der Waals surface area contributed by atoms with Crippen LogP contribution in [0.3, 0.4) is 0 Å². The van der Waals surface area contributed by atoms with Crippen LogP contribution in [0.15, 0.2) is 18.3 Å². The second-order valence-corrected chi connectivity index (χ2v) is 5.92. The number of fused-ring (bicyclic) bond motifs is 1. The number of carboxylic acid groups (broad SMARTS) is 1. The van der Waals surface area contributed by atoms with Crippen molar-refractivity contribution in [2.24, 2.45) is 0 Å². The first-order valence-corrected chi connectivity index (χ1v) is 7.07. The Bertz CT molecular complexity index is 740. The van der Waals surface area contributed by atoms with E-state index in [1.165, 1.54) is 23.1 Å². The first-order valence-electron chi connectivity index (χ1n) is 5.26. The SMILES string of the molecule is C=[n+]1cccc2s/c(=C3/NC(C(=O)O)CS3)nc21. The Labute approximate surface area is 111 Å². The summed E-state index contributed by atoms with van der Waals surface area (Å²) in [6.07, 6.45) is 1.84. The molecular formula is C11H10N3O2S2+. The normalized spacial score (nSPS) is 22.1. The third kappa shape index (κ3) is 1.85. The Morgan fingerprint density at radius 1 is 1.67 bits per heavy atom. The molecule has 92 valence electrons. The molecule has 1 atom stereocenters. The standard InChI is InChI=1S/C11H9N3O2S2/c1-14-4-2-3-7-8(14)13-10(18-7)9-12-6(5-17-9)11(15)16/h2-4,6,12H,1,5H2/p+1/b10-9-. The van der Waals surface area contributed by atoms with E-state index in [0.717, 1.165) is 20.0 Å². The number of aliphatic carboxylic acids is 1. The van der Waals surface area contributed by atoms with Gasteiger partial charge < -0.3 is 10.4 Å². The van der Waals surface area contributed by atoms with E-state index in [2.05, 4.69) is 17.0 Å². The summed E-state index contributed by atoms with van der Waals surface area (Å²) in [5.74, 6) is -0.295. The largest absolute Gasteiger partial charge is 0.480 e. The van der Waals surface area contributed by atoms with Crippen LogP contribution in [0.5, 0.6) is 0 Å². The van der Waals surface area contributed by atoms with Crippen molar-refractivity contribution in [1.82, 2.24) is 10.3 Å². The van der Waals surface area contributed by atoms with E-state index in [9.17, 15) is 4.79 Å². The lowest BCUT2D eigenvalue weighted by molar-refractivity contribution is -0.470. The predicted molar refractivity (Wildman–Crippen MR) is 70.6 cm³/mol. The minimum absolute atomic E-state index is 0.524. The number of nitrogens with zero attached hydrogens (tertiary/aromatic N) is 2. The van der Waals surface area contributed by atoms with Gasteiger partial charge in [-0.25, -0.2) is 9.04 Å². The fraction of sp³-hybridized carbons (Fsp3) is 0.182. The fourth-order valence-electron chi connectivity index (χ4n) is 1.71. The van der Waals surface area contributed by atoms with Crippen LogP contribution in [-0.4, -0.2) is 27.9 Å². The Morgan fingerprint density at radius 2 is 2.50 bits per heavy atom. The zero-order valence-corrected chi connectivity index (χ0v) is 10.9. The van der Waals surface area contributed by atoms with Crippen molar-refractivity contribution >= 4 is 44.4 Å². The van der Waals surface area contributed by atoms with Gasteiger partial charge >= 0.3 is 11.6 Å². The lowest BCUT2D eigenvalue weighted by Crippen LogP contribution is -2.32. The van der Waals surface area contributed by atoms with Crippen LogP contribution in [0, 0.1) is 6.72 Å². The van der Waals surface area contributed by atoms with Gasteiger partial charge in [0.25, 0.3) is 4.66 Å². The van der Waals surface area contributed by atoms with Crippen LogP contribution in [0.1, 0.15) is 0 Å². The van der Waals surface area contributed by atoms with Crippen molar-refractivity contribution in [1.29, 1.82) is 0 Å². The maximum atomic E-state index is 10.9. The molecular weight excluding hydrogens is 270 g/mol. The number of hydrogen-bond donors (Lipinski definition) is 2. The van der Waals surface area contributed by atoms with Crippen molar-refractivity contribution in [2.75, 3.05) is 5.75 Å². The van der Waals surface area contributed by atoms with Gasteiger partial charge in [-0.05, 0) is 17.1 Å². The second kappa shape index (κ2) is 4.25. The van der Waals surface area contributed by atoms with E-state index in [1.807, 2.05) is 18.3 Å². The monoisotopic (exact) mass is 280 g/mol. The van der Waals surface area contributed by atoms with Crippen LogP contribution in [0.2, 0.25) is 0 Å². The lowest BCUT2D eigenvalue weighted by atomic mass is 10.3. The third-order valence-corrected chi connectivity index (χ3v) is 4.87. The molecule has 1 saturated heterocycles. The zero-order valence-electron chi connectivity index (χ0n) is 9.29. The highest BCUT2D eigenvalue weighted by Crippen LogP contribution is 2.23. The Hall–Kier alpha value is -1.60. The third-order valence-electron chi connectivity index (χ3n) is 2.61. The molecule has 0 spiro atoms. The summed E-state index contributed by atoms with van der Waals surface area (Å²) < 4.78 is 3.57. The molecule has 1 unspecified atom stereocenters. The van der Waals surface area contributed by atoms with Gasteiger partial charge in [0.1, 0.15) is 15.8 Å². The summed E-state index contributed by atoms with van der Waals surface area (Å²) in [7, 11) is 0. The summed E-state index contributed by atoms with van der Waals surface area (Å²) in [5.41, 5.74) is 0.811. The molecule has 3 heterocycles. The van der Waals surface area contributed by atoms with Crippen LogP contribution >= 0.6 is 23.1 Å². The molecule has 18 heavy (non-hydrogen) atoms. The minimum Gasteiger partial charge on any atom is -0.480 e. The molecule has 2 aromatic rings. The number of carbonyl (C=O) groups is 1. The molecule has 7 heteroatoms. The highest BCUT2D eigenvalue weighted by Gasteiger charge is 2.28. The number of rotatable bonds is 1. The molecule has 5 nitrogen and oxygen atoms in total. The predicted octanol–water partition coefficient (Wildman–Crippen LogP) is 0.0788. The van der Waals surface area contributed by atoms with Crippen molar-refractivity contribution in [2.45, 2.75) is 6.04 Å². The van der Waals surface area contributed by atoms with Crippen molar-refractivity contribution in [3.8, 4) is 0 Å². The van der Waals surface area contributed by atoms with E-state index in [0.29, 0.717) is 5.75 Å². The number of hydrogen-bond acceptors (Lipinski definition) is 5. The smallest absolute Gasteiger partial charge is 0.346 e. The van der Waals surface area contributed by atoms with E-state index in [-0.39, 0.29) is 0 Å². The topological polar surface area (TPSA) is 68.1 Å². The number of thiazole rings is 1. The van der Waals surface area contributed by atoms with Crippen LogP contribution in [0.25, 0.3) is 15.4 Å². The second-order valence-electron chi connectivity index (χ2n) is 3.86. The molecule has 0 bridgehead atoms. The van der Waals surface area contributed by atoms with Gasteiger partial charge in [-0.2, -0.15) is 0 Å². The highest BCUT2D eigenvalue weighted by molar-refractivity contribution is 8.08. The first-order chi connectivity index (χ1) is 8.65. The first kappa shape index (κ1) is 11.5. The maximum Gasteiger partial charge on any atom is 0.346 e. The van der Waals surface area contributed by atoms with E-state index in [1.54, 1.807) is 4.24 Å². The number of thioether (sulfide) groups is 1. The molecule has 0 amide bonds. The number of nitrogens with one attached hydrogen (secondary N) is 1. The van der Waals surface area contributed by atoms with Gasteiger partial charge in [-0.3, -0.25) is 0 Å². The van der Waals surface area contributed by atoms with Gasteiger partial charge in [-0.1, -0.05) is 11.3 Å². The fourth-order valence-corrected chi connectivity index (χ4v) is 3.85. The van der Waals surface area contributed by atoms with Gasteiger partial charge in [0.15, 0.2) is 0 Å². The Kier molecular flexibility index (Phi) is 2.71. The van der Waals surface area contributed by atoms with Gasteiger partial charge in [0.05, 0.1) is 12.9 Å². The molecule has 1 aliphatic heterocycles. The summed E-state index contributed by atoms with van der Waals surface area (Å²) >= 11 is 3.03. The summed E-state index contributed by atoms with van der Waals surface area (Å²) in [6, 6.07) is 3.37. The van der Waals surface area contributed by atoms with E-state index in [4.69, 9.17) is 5.11 Å². The highest BCUT2D eigenvalue weighted by atomic mass is 32.2. The van der Waals surface area contributed by atoms with Gasteiger partial charge in [0.2, 0.25) is 0 Å². The number of carboxylic acids is 1. The summed E-state index contributed by atoms with van der Waals surface area (Å²) in [5, 5.41) is 12.8. The molecule has 0 saturated carbocycles. The molecule has 0 aliphatic carbocycles. The molecule has 3 rings (SSSR count). The van der Waals surface area contributed by atoms with Crippen LogP contribution in [0.4, 0.5) is 0 Å². The number of aromatic nitrogens is 2. The minimum atomic E-state index is -0.828. The lowest BCUT2D eigenvalue weighted by Gasteiger charge is -2.00. The van der Waals surface area contributed by atoms with E-state index >= 15 is 0 Å². The maximum absolute atomic E-state index is 10.9. The van der Waals surface area contributed by atoms with E-state index < -0.39 is 12.0 Å². The van der Waals surface area contributed by atoms with Crippen molar-refractivity contribution in [3.63, 3.8) is 0 Å². The quantitative estimate of drug-likeness (QED) is 0.724. The molecule has 1 aliphatic rings. The molecule has 1 fully saturated rings. The van der Waals surface area contributed by atoms with Gasteiger partial charge in [0, 0.05) is 5.75 Å². The van der Waals surface area contributed by atoms with Crippen LogP contribution in [-0.2, 0) is 4.79 Å². The molecule has 2 N–H and O–H groups in total. The zero-order chi connectivity index (χ0) is 12.7. The number of pyridine rings is 1. The average molecular weight is 280 g/mol. The molecule has 0 radical (unpaired) electrons. The Balaban J connectivity index is 2.13. The van der Waals surface area contributed by atoms with Crippen LogP contribution < -0.4 is 14.2 Å². The summed E-state index contributed by atoms with van der Waals surface area (Å²) in [4.78, 5) is 15.4. The average Bonchev–Trinajstić information content (AvgIpc) is 2.95. The van der Waals surface area contributed by atoms with Gasteiger partial charge in [-0.15, -0.1) is 11.8 Å². The molecule has 2 aromatic heterocycles.